The number of likely N-dealkylation sites (tertiary alicyclic amines) is 1. The van der Waals surface area contributed by atoms with Gasteiger partial charge in [0.15, 0.2) is 0 Å². The summed E-state index contributed by atoms with van der Waals surface area (Å²) in [6.45, 7) is 3.18. The van der Waals surface area contributed by atoms with Crippen LogP contribution >= 0.6 is 23.2 Å². The monoisotopic (exact) mass is 474 g/mol. The van der Waals surface area contributed by atoms with Crippen LogP contribution in [0.1, 0.15) is 34.0 Å². The molecule has 1 aromatic carbocycles. The van der Waals surface area contributed by atoms with Gasteiger partial charge < -0.3 is 9.64 Å². The lowest BCUT2D eigenvalue weighted by Crippen LogP contribution is -2.29. The minimum atomic E-state index is -0.469. The zero-order chi connectivity index (χ0) is 22.7. The second-order valence-corrected chi connectivity index (χ2v) is 8.63. The quantitative estimate of drug-likeness (QED) is 0.505. The number of hydrogen-bond acceptors (Lipinski definition) is 5. The van der Waals surface area contributed by atoms with Crippen molar-refractivity contribution in [2.24, 2.45) is 5.92 Å². The molecule has 0 spiro atoms. The van der Waals surface area contributed by atoms with Crippen LogP contribution < -0.4 is 4.74 Å². The maximum Gasteiger partial charge on any atom is 0.255 e. The fraction of sp³-hybridized carbons (Fsp3) is 0.304. The molecule has 0 radical (unpaired) electrons. The summed E-state index contributed by atoms with van der Waals surface area (Å²) < 4.78 is 19.9. The first-order chi connectivity index (χ1) is 15.4. The van der Waals surface area contributed by atoms with Gasteiger partial charge in [0.2, 0.25) is 5.88 Å². The molecule has 0 aliphatic carbocycles. The lowest BCUT2D eigenvalue weighted by molar-refractivity contribution is 0.0783. The van der Waals surface area contributed by atoms with E-state index in [4.69, 9.17) is 27.9 Å². The number of halogens is 3. The molecule has 1 aliphatic rings. The first-order valence-electron chi connectivity index (χ1n) is 10.2. The van der Waals surface area contributed by atoms with Crippen molar-refractivity contribution >= 4 is 29.1 Å². The predicted molar refractivity (Wildman–Crippen MR) is 120 cm³/mol. The van der Waals surface area contributed by atoms with Crippen LogP contribution in [-0.2, 0) is 0 Å². The van der Waals surface area contributed by atoms with Crippen molar-refractivity contribution in [2.75, 3.05) is 19.7 Å². The molecule has 9 heteroatoms. The van der Waals surface area contributed by atoms with E-state index in [1.165, 1.54) is 18.5 Å². The number of ether oxygens (including phenoxy) is 1. The Morgan fingerprint density at radius 1 is 1.19 bits per heavy atom. The minimum Gasteiger partial charge on any atom is -0.478 e. The van der Waals surface area contributed by atoms with E-state index in [-0.39, 0.29) is 22.8 Å². The van der Waals surface area contributed by atoms with Crippen LogP contribution in [0.2, 0.25) is 10.0 Å². The molecule has 0 unspecified atom stereocenters. The standard InChI is InChI=1S/C23H21Cl2FN4O2/c1-14-8-17(10-28-29-14)23(31)30-12-16(6-7-32-22-5-3-18(24)11-27-22)19(13-30)15-2-4-20(25)21(26)9-15/h2-5,8-11,16,19H,6-7,12-13H2,1H3/t16-,19+/m0/s1. The predicted octanol–water partition coefficient (Wildman–Crippen LogP) is 4.95. The Balaban J connectivity index is 1.51. The van der Waals surface area contributed by atoms with Crippen molar-refractivity contribution in [3.05, 3.63) is 81.5 Å². The number of rotatable bonds is 6. The van der Waals surface area contributed by atoms with Crippen LogP contribution in [0.4, 0.5) is 4.39 Å². The molecule has 4 rings (SSSR count). The number of nitrogens with zero attached hydrogens (tertiary/aromatic N) is 4. The molecular weight excluding hydrogens is 454 g/mol. The van der Waals surface area contributed by atoms with Gasteiger partial charge in [-0.15, -0.1) is 0 Å². The first kappa shape index (κ1) is 22.4. The van der Waals surface area contributed by atoms with Crippen molar-refractivity contribution in [1.82, 2.24) is 20.1 Å². The molecule has 32 heavy (non-hydrogen) atoms. The van der Waals surface area contributed by atoms with Crippen molar-refractivity contribution < 1.29 is 13.9 Å². The third kappa shape index (κ3) is 5.16. The van der Waals surface area contributed by atoms with Crippen LogP contribution in [0.3, 0.4) is 0 Å². The Morgan fingerprint density at radius 2 is 2.03 bits per heavy atom. The zero-order valence-electron chi connectivity index (χ0n) is 17.3. The maximum absolute atomic E-state index is 14.2. The Hall–Kier alpha value is -2.77. The smallest absolute Gasteiger partial charge is 0.255 e. The molecule has 0 N–H and O–H groups in total. The number of carbonyl (C=O) groups is 1. The number of aromatic nitrogens is 3. The van der Waals surface area contributed by atoms with Crippen LogP contribution in [0, 0.1) is 18.7 Å². The van der Waals surface area contributed by atoms with Gasteiger partial charge in [-0.1, -0.05) is 29.3 Å². The number of hydrogen-bond donors (Lipinski definition) is 0. The fourth-order valence-corrected chi connectivity index (χ4v) is 4.21. The number of amides is 1. The molecule has 3 heterocycles. The van der Waals surface area contributed by atoms with Crippen molar-refractivity contribution in [1.29, 1.82) is 0 Å². The van der Waals surface area contributed by atoms with Gasteiger partial charge in [-0.2, -0.15) is 10.2 Å². The van der Waals surface area contributed by atoms with Crippen LogP contribution in [0.15, 0.2) is 48.8 Å². The lowest BCUT2D eigenvalue weighted by atomic mass is 9.87. The van der Waals surface area contributed by atoms with Gasteiger partial charge >= 0.3 is 0 Å². The molecule has 166 valence electrons. The molecule has 1 aliphatic heterocycles. The highest BCUT2D eigenvalue weighted by atomic mass is 35.5. The van der Waals surface area contributed by atoms with Crippen molar-refractivity contribution in [3.8, 4) is 5.88 Å². The lowest BCUT2D eigenvalue weighted by Gasteiger charge is -2.18. The van der Waals surface area contributed by atoms with E-state index in [1.807, 2.05) is 6.07 Å². The Morgan fingerprint density at radius 3 is 2.75 bits per heavy atom. The maximum atomic E-state index is 14.2. The molecule has 3 aromatic rings. The highest BCUT2D eigenvalue weighted by molar-refractivity contribution is 6.30. The van der Waals surface area contributed by atoms with Gasteiger partial charge in [0.25, 0.3) is 5.91 Å². The van der Waals surface area contributed by atoms with Crippen molar-refractivity contribution in [2.45, 2.75) is 19.3 Å². The average Bonchev–Trinajstić information content (AvgIpc) is 3.20. The number of pyridine rings is 1. The third-order valence-corrected chi connectivity index (χ3v) is 6.09. The number of benzene rings is 1. The fourth-order valence-electron chi connectivity index (χ4n) is 3.99. The summed E-state index contributed by atoms with van der Waals surface area (Å²) in [6.07, 6.45) is 3.66. The summed E-state index contributed by atoms with van der Waals surface area (Å²) in [4.78, 5) is 19.0. The van der Waals surface area contributed by atoms with Crippen LogP contribution in [-0.4, -0.2) is 45.7 Å². The topological polar surface area (TPSA) is 68.2 Å². The van der Waals surface area contributed by atoms with E-state index in [9.17, 15) is 9.18 Å². The largest absolute Gasteiger partial charge is 0.478 e. The van der Waals surface area contributed by atoms with E-state index in [0.717, 1.165) is 5.56 Å². The summed E-state index contributed by atoms with van der Waals surface area (Å²) in [6, 6.07) is 9.96. The molecule has 6 nitrogen and oxygen atoms in total. The Labute approximate surface area is 195 Å². The number of aryl methyl sites for hydroxylation is 1. The Kier molecular flexibility index (Phi) is 6.86. The molecule has 2 aromatic heterocycles. The van der Waals surface area contributed by atoms with Gasteiger partial charge in [-0.25, -0.2) is 9.37 Å². The summed E-state index contributed by atoms with van der Waals surface area (Å²) in [5.41, 5.74) is 1.97. The average molecular weight is 475 g/mol. The van der Waals surface area contributed by atoms with E-state index < -0.39 is 5.82 Å². The van der Waals surface area contributed by atoms with E-state index in [0.29, 0.717) is 48.3 Å². The van der Waals surface area contributed by atoms with E-state index in [1.54, 1.807) is 36.1 Å². The summed E-state index contributed by atoms with van der Waals surface area (Å²) >= 11 is 11.7. The second kappa shape index (κ2) is 9.79. The van der Waals surface area contributed by atoms with E-state index in [2.05, 4.69) is 15.2 Å². The second-order valence-electron chi connectivity index (χ2n) is 7.79. The van der Waals surface area contributed by atoms with E-state index >= 15 is 0 Å². The molecule has 0 saturated carbocycles. The highest BCUT2D eigenvalue weighted by Gasteiger charge is 2.36. The summed E-state index contributed by atoms with van der Waals surface area (Å²) in [5.74, 6) is -0.0904. The molecule has 1 fully saturated rings. The summed E-state index contributed by atoms with van der Waals surface area (Å²) in [5, 5.41) is 8.41. The zero-order valence-corrected chi connectivity index (χ0v) is 18.9. The van der Waals surface area contributed by atoms with Gasteiger partial charge in [-0.3, -0.25) is 4.79 Å². The number of carbonyl (C=O) groups excluding carboxylic acids is 1. The third-order valence-electron chi connectivity index (χ3n) is 5.56. The van der Waals surface area contributed by atoms with Crippen LogP contribution in [0.5, 0.6) is 5.88 Å². The molecular formula is C23H21Cl2FN4O2. The Bertz CT molecular complexity index is 1110. The first-order valence-corrected chi connectivity index (χ1v) is 10.9. The normalized spacial score (nSPS) is 18.1. The molecule has 0 bridgehead atoms. The van der Waals surface area contributed by atoms with Crippen molar-refractivity contribution in [3.63, 3.8) is 0 Å². The molecule has 1 amide bonds. The van der Waals surface area contributed by atoms with Gasteiger partial charge in [0.05, 0.1) is 34.1 Å². The highest BCUT2D eigenvalue weighted by Crippen LogP contribution is 2.36. The summed E-state index contributed by atoms with van der Waals surface area (Å²) in [7, 11) is 0. The molecule has 1 saturated heterocycles. The van der Waals surface area contributed by atoms with Gasteiger partial charge in [0, 0.05) is 31.3 Å². The minimum absolute atomic E-state index is 0.0524. The van der Waals surface area contributed by atoms with Gasteiger partial charge in [0.1, 0.15) is 5.82 Å². The molecule has 2 atom stereocenters. The van der Waals surface area contributed by atoms with Crippen LogP contribution in [0.25, 0.3) is 0 Å². The SMILES string of the molecule is Cc1cc(C(=O)N2C[C@H](CCOc3ccc(Cl)cn3)[C@@H](c3ccc(Cl)c(F)c3)C2)cnn1. The van der Waals surface area contributed by atoms with Gasteiger partial charge in [-0.05, 0) is 49.1 Å².